The van der Waals surface area contributed by atoms with E-state index >= 15 is 0 Å². The Hall–Kier alpha value is -1.99. The highest BCUT2D eigenvalue weighted by Crippen LogP contribution is 2.39. The first-order chi connectivity index (χ1) is 11.5. The van der Waals surface area contributed by atoms with E-state index < -0.39 is 30.0 Å². The van der Waals surface area contributed by atoms with Gasteiger partial charge >= 0.3 is 12.4 Å². The van der Waals surface area contributed by atoms with E-state index in [1.54, 1.807) is 6.08 Å². The number of alkyl halides is 6. The number of nitrogens with one attached hydrogen (secondary N) is 1. The molecule has 0 radical (unpaired) electrons. The Morgan fingerprint density at radius 3 is 2.04 bits per heavy atom. The fourth-order valence-electron chi connectivity index (χ4n) is 2.63. The van der Waals surface area contributed by atoms with Gasteiger partial charge in [-0.1, -0.05) is 6.08 Å². The lowest BCUT2D eigenvalue weighted by Gasteiger charge is -2.17. The van der Waals surface area contributed by atoms with Crippen LogP contribution in [0.3, 0.4) is 0 Å². The number of allylic oxidation sites excluding steroid dienone is 1. The first-order valence-electron chi connectivity index (χ1n) is 7.69. The molecule has 2 rings (SSSR count). The second-order valence-corrected chi connectivity index (χ2v) is 6.10. The normalized spacial score (nSPS) is 16.4. The van der Waals surface area contributed by atoms with Crippen LogP contribution >= 0.6 is 0 Å². The van der Waals surface area contributed by atoms with E-state index in [2.05, 4.69) is 11.9 Å². The van der Waals surface area contributed by atoms with Gasteiger partial charge in [-0.15, -0.1) is 6.58 Å². The van der Waals surface area contributed by atoms with Crippen LogP contribution in [-0.4, -0.2) is 5.91 Å². The number of benzene rings is 1. The SMILES string of the molecule is C=CC[C@H](C(=O)NCc1cc(C(F)(F)F)cc(C(F)(F)F)c1)C1CC1. The predicted octanol–water partition coefficient (Wildman–Crippen LogP) is 4.94. The molecule has 1 fully saturated rings. The molecule has 8 heteroatoms. The van der Waals surface area contributed by atoms with E-state index in [1.165, 1.54) is 0 Å². The van der Waals surface area contributed by atoms with Crippen LogP contribution in [0.15, 0.2) is 30.9 Å². The van der Waals surface area contributed by atoms with Crippen molar-refractivity contribution in [2.45, 2.75) is 38.2 Å². The molecule has 1 N–H and O–H groups in total. The van der Waals surface area contributed by atoms with E-state index in [9.17, 15) is 31.1 Å². The molecule has 1 aromatic carbocycles. The van der Waals surface area contributed by atoms with Crippen LogP contribution < -0.4 is 5.32 Å². The van der Waals surface area contributed by atoms with Crippen molar-refractivity contribution in [3.8, 4) is 0 Å². The third kappa shape index (κ3) is 5.24. The van der Waals surface area contributed by atoms with Crippen LogP contribution in [0.5, 0.6) is 0 Å². The highest BCUT2D eigenvalue weighted by Gasteiger charge is 2.37. The van der Waals surface area contributed by atoms with Crippen molar-refractivity contribution in [3.63, 3.8) is 0 Å². The van der Waals surface area contributed by atoms with Gasteiger partial charge in [0.05, 0.1) is 11.1 Å². The van der Waals surface area contributed by atoms with E-state index in [-0.39, 0.29) is 29.4 Å². The molecule has 1 aliphatic carbocycles. The zero-order valence-electron chi connectivity index (χ0n) is 13.2. The maximum absolute atomic E-state index is 12.8. The quantitative estimate of drug-likeness (QED) is 0.561. The molecule has 138 valence electrons. The minimum absolute atomic E-state index is 0.0655. The van der Waals surface area contributed by atoms with Crippen LogP contribution in [0.1, 0.15) is 36.0 Å². The molecule has 1 aliphatic rings. The monoisotopic (exact) mass is 365 g/mol. The first kappa shape index (κ1) is 19.3. The van der Waals surface area contributed by atoms with Gasteiger partial charge in [0.25, 0.3) is 0 Å². The Labute approximate surface area is 140 Å². The van der Waals surface area contributed by atoms with Gasteiger partial charge in [0.1, 0.15) is 0 Å². The lowest BCUT2D eigenvalue weighted by molar-refractivity contribution is -0.143. The summed E-state index contributed by atoms with van der Waals surface area (Å²) in [5.74, 6) is -0.524. The zero-order chi connectivity index (χ0) is 18.8. The second kappa shape index (κ2) is 7.09. The summed E-state index contributed by atoms with van der Waals surface area (Å²) >= 11 is 0. The van der Waals surface area contributed by atoms with E-state index in [4.69, 9.17) is 0 Å². The Bertz CT molecular complexity index is 613. The largest absolute Gasteiger partial charge is 0.416 e. The standard InChI is InChI=1S/C17H17F6NO/c1-2-3-14(11-4-5-11)15(25)24-9-10-6-12(16(18,19)20)8-13(7-10)17(21,22)23/h2,6-8,11,14H,1,3-5,9H2,(H,24,25)/t14-/m0/s1. The van der Waals surface area contributed by atoms with E-state index in [0.717, 1.165) is 12.8 Å². The summed E-state index contributed by atoms with van der Waals surface area (Å²) in [5, 5.41) is 2.44. The number of halogens is 6. The molecule has 25 heavy (non-hydrogen) atoms. The zero-order valence-corrected chi connectivity index (χ0v) is 13.2. The lowest BCUT2D eigenvalue weighted by atomic mass is 9.98. The Morgan fingerprint density at radius 2 is 1.64 bits per heavy atom. The summed E-state index contributed by atoms with van der Waals surface area (Å²) in [5.41, 5.74) is -3.03. The molecule has 1 aromatic rings. The van der Waals surface area contributed by atoms with Crippen LogP contribution in [0, 0.1) is 11.8 Å². The highest BCUT2D eigenvalue weighted by molar-refractivity contribution is 5.79. The molecule has 2 nitrogen and oxygen atoms in total. The molecule has 0 spiro atoms. The Morgan fingerprint density at radius 1 is 1.12 bits per heavy atom. The molecule has 0 aromatic heterocycles. The number of carbonyl (C=O) groups is 1. The molecule has 1 amide bonds. The van der Waals surface area contributed by atoms with E-state index in [1.807, 2.05) is 0 Å². The molecule has 1 atom stereocenters. The molecule has 0 saturated heterocycles. The molecule has 0 heterocycles. The van der Waals surface area contributed by atoms with Crippen LogP contribution in [0.25, 0.3) is 0 Å². The highest BCUT2D eigenvalue weighted by atomic mass is 19.4. The fraction of sp³-hybridized carbons (Fsp3) is 0.471. The van der Waals surface area contributed by atoms with Gasteiger partial charge in [-0.05, 0) is 48.9 Å². The topological polar surface area (TPSA) is 29.1 Å². The molecule has 0 bridgehead atoms. The minimum atomic E-state index is -4.90. The maximum atomic E-state index is 12.8. The number of hydrogen-bond donors (Lipinski definition) is 1. The van der Waals surface area contributed by atoms with Crippen molar-refractivity contribution < 1.29 is 31.1 Å². The van der Waals surface area contributed by atoms with Crippen molar-refractivity contribution >= 4 is 5.91 Å². The molecule has 0 aliphatic heterocycles. The van der Waals surface area contributed by atoms with Crippen molar-refractivity contribution in [2.24, 2.45) is 11.8 Å². The summed E-state index contributed by atoms with van der Waals surface area (Å²) in [6, 6.07) is 1.31. The number of carbonyl (C=O) groups excluding carboxylic acids is 1. The average molecular weight is 365 g/mol. The van der Waals surface area contributed by atoms with Gasteiger partial charge < -0.3 is 5.32 Å². The molecular formula is C17H17F6NO. The number of amides is 1. The smallest absolute Gasteiger partial charge is 0.352 e. The van der Waals surface area contributed by atoms with Crippen molar-refractivity contribution in [1.82, 2.24) is 5.32 Å². The third-order valence-electron chi connectivity index (χ3n) is 4.06. The number of hydrogen-bond acceptors (Lipinski definition) is 1. The summed E-state index contributed by atoms with van der Waals surface area (Å²) in [4.78, 5) is 12.1. The average Bonchev–Trinajstić information content (AvgIpc) is 3.33. The lowest BCUT2D eigenvalue weighted by Crippen LogP contribution is -2.31. The summed E-state index contributed by atoms with van der Waals surface area (Å²) in [7, 11) is 0. The predicted molar refractivity (Wildman–Crippen MR) is 79.3 cm³/mol. The van der Waals surface area contributed by atoms with Gasteiger partial charge in [-0.25, -0.2) is 0 Å². The minimum Gasteiger partial charge on any atom is -0.352 e. The van der Waals surface area contributed by atoms with E-state index in [0.29, 0.717) is 18.6 Å². The second-order valence-electron chi connectivity index (χ2n) is 6.10. The maximum Gasteiger partial charge on any atom is 0.416 e. The van der Waals surface area contributed by atoms with Crippen molar-refractivity contribution in [3.05, 3.63) is 47.5 Å². The Balaban J connectivity index is 2.17. The Kier molecular flexibility index (Phi) is 5.49. The van der Waals surface area contributed by atoms with Crippen molar-refractivity contribution in [1.29, 1.82) is 0 Å². The van der Waals surface area contributed by atoms with Crippen LogP contribution in [0.2, 0.25) is 0 Å². The van der Waals surface area contributed by atoms with Gasteiger partial charge in [-0.2, -0.15) is 26.3 Å². The third-order valence-corrected chi connectivity index (χ3v) is 4.06. The van der Waals surface area contributed by atoms with Crippen LogP contribution in [-0.2, 0) is 23.7 Å². The van der Waals surface area contributed by atoms with Gasteiger partial charge in [0.15, 0.2) is 0 Å². The van der Waals surface area contributed by atoms with Crippen molar-refractivity contribution in [2.75, 3.05) is 0 Å². The summed E-state index contributed by atoms with van der Waals surface area (Å²) < 4.78 is 76.9. The summed E-state index contributed by atoms with van der Waals surface area (Å²) in [6.45, 7) is 3.16. The molecule has 0 unspecified atom stereocenters. The fourth-order valence-corrected chi connectivity index (χ4v) is 2.63. The molecule has 1 saturated carbocycles. The summed E-state index contributed by atoms with van der Waals surface area (Å²) in [6.07, 6.45) is -6.04. The number of rotatable bonds is 6. The van der Waals surface area contributed by atoms with Crippen LogP contribution in [0.4, 0.5) is 26.3 Å². The van der Waals surface area contributed by atoms with Gasteiger partial charge in [0.2, 0.25) is 5.91 Å². The molecular weight excluding hydrogens is 348 g/mol. The van der Waals surface area contributed by atoms with Gasteiger partial charge in [-0.3, -0.25) is 4.79 Å². The first-order valence-corrected chi connectivity index (χ1v) is 7.69. The van der Waals surface area contributed by atoms with Gasteiger partial charge in [0, 0.05) is 12.5 Å².